The van der Waals surface area contributed by atoms with Crippen LogP contribution in [0.1, 0.15) is 50.2 Å². The van der Waals surface area contributed by atoms with Crippen molar-refractivity contribution in [2.75, 3.05) is 6.54 Å². The van der Waals surface area contributed by atoms with E-state index in [0.29, 0.717) is 6.04 Å². The summed E-state index contributed by atoms with van der Waals surface area (Å²) >= 11 is 0. The molecule has 0 saturated heterocycles. The van der Waals surface area contributed by atoms with Crippen molar-refractivity contribution in [2.45, 2.75) is 58.4 Å². The number of hydrogen-bond acceptors (Lipinski definition) is 1. The van der Waals surface area contributed by atoms with Crippen LogP contribution in [-0.2, 0) is 6.42 Å². The first-order chi connectivity index (χ1) is 9.74. The molecule has 0 radical (unpaired) electrons. The highest BCUT2D eigenvalue weighted by Gasteiger charge is 2.39. The molecule has 0 amide bonds. The third kappa shape index (κ3) is 3.25. The molecule has 0 aromatic heterocycles. The van der Waals surface area contributed by atoms with Crippen molar-refractivity contribution < 1.29 is 0 Å². The Morgan fingerprint density at radius 3 is 2.55 bits per heavy atom. The Bertz CT molecular complexity index is 422. The second-order valence-electron chi connectivity index (χ2n) is 7.11. The maximum absolute atomic E-state index is 3.73. The van der Waals surface area contributed by atoms with E-state index in [2.05, 4.69) is 43.4 Å². The van der Waals surface area contributed by atoms with Gasteiger partial charge in [-0.15, -0.1) is 0 Å². The number of likely N-dealkylation sites (N-methyl/N-ethyl adjacent to an activating group) is 1. The average molecular weight is 271 g/mol. The zero-order valence-electron chi connectivity index (χ0n) is 13.1. The Hall–Kier alpha value is -0.820. The highest BCUT2D eigenvalue weighted by atomic mass is 14.9. The van der Waals surface area contributed by atoms with Gasteiger partial charge in [-0.3, -0.25) is 0 Å². The highest BCUT2D eigenvalue weighted by molar-refractivity contribution is 5.22. The Labute approximate surface area is 124 Å². The van der Waals surface area contributed by atoms with Gasteiger partial charge in [0, 0.05) is 6.04 Å². The van der Waals surface area contributed by atoms with E-state index in [4.69, 9.17) is 0 Å². The van der Waals surface area contributed by atoms with E-state index in [-0.39, 0.29) is 0 Å². The van der Waals surface area contributed by atoms with Crippen molar-refractivity contribution in [3.05, 3.63) is 35.4 Å². The summed E-state index contributed by atoms with van der Waals surface area (Å²) in [5.74, 6) is 3.13. The van der Waals surface area contributed by atoms with E-state index >= 15 is 0 Å². The summed E-state index contributed by atoms with van der Waals surface area (Å²) < 4.78 is 0. The van der Waals surface area contributed by atoms with Gasteiger partial charge in [0.2, 0.25) is 0 Å². The minimum absolute atomic E-state index is 0.673. The van der Waals surface area contributed by atoms with Gasteiger partial charge in [-0.25, -0.2) is 0 Å². The first-order valence-electron chi connectivity index (χ1n) is 8.53. The van der Waals surface area contributed by atoms with Gasteiger partial charge in [-0.1, -0.05) is 43.2 Å². The number of aryl methyl sites for hydroxylation is 1. The van der Waals surface area contributed by atoms with Crippen LogP contribution in [0.5, 0.6) is 0 Å². The van der Waals surface area contributed by atoms with Gasteiger partial charge in [-0.2, -0.15) is 0 Å². The quantitative estimate of drug-likeness (QED) is 0.811. The molecule has 1 N–H and O–H groups in total. The molecule has 2 saturated carbocycles. The van der Waals surface area contributed by atoms with Crippen molar-refractivity contribution >= 4 is 0 Å². The predicted octanol–water partition coefficient (Wildman–Crippen LogP) is 4.34. The molecule has 2 aliphatic carbocycles. The Balaban J connectivity index is 1.59. The van der Waals surface area contributed by atoms with Crippen molar-refractivity contribution in [1.82, 2.24) is 5.32 Å². The molecule has 1 aromatic rings. The molecule has 20 heavy (non-hydrogen) atoms. The summed E-state index contributed by atoms with van der Waals surface area (Å²) in [6.07, 6.45) is 8.67. The summed E-state index contributed by atoms with van der Waals surface area (Å²) in [6.45, 7) is 5.50. The standard InChI is InChI=1S/C19H29N/c1-3-20-19(12-15-6-4-14(2)5-7-15)13-18-11-16-8-9-17(18)10-16/h4-7,16-20H,3,8-13H2,1-2H3. The van der Waals surface area contributed by atoms with Crippen molar-refractivity contribution in [3.8, 4) is 0 Å². The zero-order chi connectivity index (χ0) is 13.9. The van der Waals surface area contributed by atoms with Gasteiger partial charge < -0.3 is 5.32 Å². The molecule has 3 rings (SSSR count). The van der Waals surface area contributed by atoms with Gasteiger partial charge >= 0.3 is 0 Å². The molecule has 2 aliphatic rings. The van der Waals surface area contributed by atoms with Crippen molar-refractivity contribution in [2.24, 2.45) is 17.8 Å². The van der Waals surface area contributed by atoms with Crippen LogP contribution in [0.4, 0.5) is 0 Å². The van der Waals surface area contributed by atoms with E-state index in [1.807, 2.05) is 0 Å². The van der Waals surface area contributed by atoms with Crippen LogP contribution in [0.25, 0.3) is 0 Å². The fourth-order valence-electron chi connectivity index (χ4n) is 4.57. The predicted molar refractivity (Wildman–Crippen MR) is 85.9 cm³/mol. The summed E-state index contributed by atoms with van der Waals surface area (Å²) in [5, 5.41) is 3.73. The first-order valence-corrected chi connectivity index (χ1v) is 8.53. The van der Waals surface area contributed by atoms with Gasteiger partial charge in [0.1, 0.15) is 0 Å². The smallest absolute Gasteiger partial charge is 0.0110 e. The largest absolute Gasteiger partial charge is 0.314 e. The molecule has 4 unspecified atom stereocenters. The van der Waals surface area contributed by atoms with Crippen LogP contribution in [0.15, 0.2) is 24.3 Å². The molecule has 1 heteroatoms. The molecule has 2 fully saturated rings. The molecular formula is C19H29N. The number of nitrogens with one attached hydrogen (secondary N) is 1. The number of rotatable bonds is 6. The van der Waals surface area contributed by atoms with Crippen molar-refractivity contribution in [3.63, 3.8) is 0 Å². The Kier molecular flexibility index (Phi) is 4.45. The van der Waals surface area contributed by atoms with Gasteiger partial charge in [-0.05, 0) is 68.9 Å². The summed E-state index contributed by atoms with van der Waals surface area (Å²) in [5.41, 5.74) is 2.85. The van der Waals surface area contributed by atoms with Crippen LogP contribution in [0.2, 0.25) is 0 Å². The van der Waals surface area contributed by atoms with Gasteiger partial charge in [0.25, 0.3) is 0 Å². The van der Waals surface area contributed by atoms with Gasteiger partial charge in [0.05, 0.1) is 0 Å². The topological polar surface area (TPSA) is 12.0 Å². The first kappa shape index (κ1) is 14.1. The maximum Gasteiger partial charge on any atom is 0.0110 e. The number of hydrogen-bond donors (Lipinski definition) is 1. The monoisotopic (exact) mass is 271 g/mol. The molecule has 0 aliphatic heterocycles. The van der Waals surface area contributed by atoms with E-state index in [0.717, 1.165) is 24.3 Å². The third-order valence-electron chi connectivity index (χ3n) is 5.57. The summed E-state index contributed by atoms with van der Waals surface area (Å²) in [7, 11) is 0. The maximum atomic E-state index is 3.73. The molecule has 2 bridgehead atoms. The number of fused-ring (bicyclic) bond motifs is 2. The summed E-state index contributed by atoms with van der Waals surface area (Å²) in [4.78, 5) is 0. The van der Waals surface area contributed by atoms with Crippen LogP contribution in [0.3, 0.4) is 0 Å². The normalized spacial score (nSPS) is 29.8. The van der Waals surface area contributed by atoms with Gasteiger partial charge in [0.15, 0.2) is 0 Å². The lowest BCUT2D eigenvalue weighted by molar-refractivity contribution is 0.278. The van der Waals surface area contributed by atoms with E-state index in [1.165, 1.54) is 49.7 Å². The fourth-order valence-corrected chi connectivity index (χ4v) is 4.57. The lowest BCUT2D eigenvalue weighted by Crippen LogP contribution is -2.34. The van der Waals surface area contributed by atoms with Crippen LogP contribution in [0, 0.1) is 24.7 Å². The minimum Gasteiger partial charge on any atom is -0.314 e. The second kappa shape index (κ2) is 6.30. The minimum atomic E-state index is 0.673. The lowest BCUT2D eigenvalue weighted by atomic mass is 9.83. The van der Waals surface area contributed by atoms with E-state index in [1.54, 1.807) is 0 Å². The molecule has 110 valence electrons. The zero-order valence-corrected chi connectivity index (χ0v) is 13.1. The molecular weight excluding hydrogens is 242 g/mol. The molecule has 4 atom stereocenters. The highest BCUT2D eigenvalue weighted by Crippen LogP contribution is 2.49. The second-order valence-corrected chi connectivity index (χ2v) is 7.11. The average Bonchev–Trinajstić information content (AvgIpc) is 3.04. The third-order valence-corrected chi connectivity index (χ3v) is 5.57. The molecule has 0 spiro atoms. The van der Waals surface area contributed by atoms with Crippen molar-refractivity contribution in [1.29, 1.82) is 0 Å². The SMILES string of the molecule is CCNC(Cc1ccc(C)cc1)CC1CC2CCC1C2. The Morgan fingerprint density at radius 2 is 1.95 bits per heavy atom. The number of benzene rings is 1. The van der Waals surface area contributed by atoms with Crippen LogP contribution >= 0.6 is 0 Å². The van der Waals surface area contributed by atoms with E-state index < -0.39 is 0 Å². The molecule has 1 aromatic carbocycles. The summed E-state index contributed by atoms with van der Waals surface area (Å²) in [6, 6.07) is 9.78. The van der Waals surface area contributed by atoms with Crippen LogP contribution < -0.4 is 5.32 Å². The molecule has 1 nitrogen and oxygen atoms in total. The molecule has 0 heterocycles. The Morgan fingerprint density at radius 1 is 1.15 bits per heavy atom. The lowest BCUT2D eigenvalue weighted by Gasteiger charge is -2.27. The van der Waals surface area contributed by atoms with E-state index in [9.17, 15) is 0 Å². The van der Waals surface area contributed by atoms with Crippen LogP contribution in [-0.4, -0.2) is 12.6 Å². The fraction of sp³-hybridized carbons (Fsp3) is 0.684.